The van der Waals surface area contributed by atoms with Crippen molar-refractivity contribution in [1.29, 1.82) is 0 Å². The van der Waals surface area contributed by atoms with Gasteiger partial charge in [-0.3, -0.25) is 14.7 Å². The van der Waals surface area contributed by atoms with Crippen LogP contribution in [-0.4, -0.2) is 47.5 Å². The second-order valence-corrected chi connectivity index (χ2v) is 8.80. The van der Waals surface area contributed by atoms with Crippen molar-refractivity contribution < 1.29 is 4.79 Å². The van der Waals surface area contributed by atoms with Gasteiger partial charge in [-0.15, -0.1) is 6.58 Å². The van der Waals surface area contributed by atoms with E-state index in [4.69, 9.17) is 0 Å². The number of amides is 1. The number of fused-ring (bicyclic) bond motifs is 4. The fourth-order valence-corrected chi connectivity index (χ4v) is 5.66. The highest BCUT2D eigenvalue weighted by atomic mass is 16.2. The second kappa shape index (κ2) is 7.88. The van der Waals surface area contributed by atoms with Gasteiger partial charge < -0.3 is 10.6 Å². The molecule has 4 aliphatic heterocycles. The summed E-state index contributed by atoms with van der Waals surface area (Å²) in [5.74, 6) is 1.37. The molecule has 0 aliphatic carbocycles. The average Bonchev–Trinajstić information content (AvgIpc) is 3.32. The number of nitrogens with one attached hydrogen (secondary N) is 2. The molecule has 1 unspecified atom stereocenters. The summed E-state index contributed by atoms with van der Waals surface area (Å²) in [4.78, 5) is 20.2. The van der Waals surface area contributed by atoms with E-state index >= 15 is 0 Å². The van der Waals surface area contributed by atoms with Gasteiger partial charge in [-0.25, -0.2) is 0 Å². The highest BCUT2D eigenvalue weighted by Gasteiger charge is 2.43. The molecule has 4 saturated heterocycles. The zero-order chi connectivity index (χ0) is 19.8. The first-order valence-corrected chi connectivity index (χ1v) is 11.0. The third-order valence-corrected chi connectivity index (χ3v) is 7.23. The predicted octanol–water partition coefficient (Wildman–Crippen LogP) is 3.04. The van der Waals surface area contributed by atoms with Crippen molar-refractivity contribution in [2.75, 3.05) is 19.6 Å². The number of para-hydroxylation sites is 1. The summed E-state index contributed by atoms with van der Waals surface area (Å²) in [6.07, 6.45) is 8.34. The van der Waals surface area contributed by atoms with Crippen LogP contribution < -0.4 is 10.6 Å². The monoisotopic (exact) mass is 390 g/mol. The molecule has 2 aromatic rings. The molecule has 1 amide bonds. The highest BCUT2D eigenvalue weighted by molar-refractivity contribution is 5.85. The van der Waals surface area contributed by atoms with Gasteiger partial charge in [0.05, 0.1) is 17.6 Å². The van der Waals surface area contributed by atoms with Crippen LogP contribution in [-0.2, 0) is 4.79 Å². The first-order chi connectivity index (χ1) is 14.2. The lowest BCUT2D eigenvalue weighted by Crippen LogP contribution is -2.58. The van der Waals surface area contributed by atoms with Gasteiger partial charge in [-0.1, -0.05) is 24.3 Å². The molecule has 5 heterocycles. The van der Waals surface area contributed by atoms with Crippen LogP contribution in [0.2, 0.25) is 0 Å². The van der Waals surface area contributed by atoms with Crippen molar-refractivity contribution in [2.24, 2.45) is 11.8 Å². The van der Waals surface area contributed by atoms with Gasteiger partial charge in [0.25, 0.3) is 0 Å². The van der Waals surface area contributed by atoms with Crippen molar-refractivity contribution in [3.05, 3.63) is 54.7 Å². The van der Waals surface area contributed by atoms with Gasteiger partial charge in [0.1, 0.15) is 0 Å². The van der Waals surface area contributed by atoms with Crippen molar-refractivity contribution in [2.45, 2.75) is 43.8 Å². The van der Waals surface area contributed by atoms with Crippen LogP contribution in [0.25, 0.3) is 10.9 Å². The number of piperidine rings is 3. The number of carbonyl (C=O) groups is 1. The fraction of sp³-hybridized carbons (Fsp3) is 0.500. The van der Waals surface area contributed by atoms with Gasteiger partial charge in [-0.2, -0.15) is 0 Å². The number of nitrogens with zero attached hydrogens (tertiary/aromatic N) is 2. The molecule has 29 heavy (non-hydrogen) atoms. The van der Waals surface area contributed by atoms with E-state index in [0.717, 1.165) is 49.8 Å². The molecular formula is C24H30N4O. The lowest BCUT2D eigenvalue weighted by molar-refractivity contribution is -0.124. The van der Waals surface area contributed by atoms with E-state index < -0.39 is 0 Å². The molecule has 1 aromatic heterocycles. The Bertz CT molecular complexity index is 901. The minimum atomic E-state index is -0.0673. The van der Waals surface area contributed by atoms with Crippen LogP contribution in [0.5, 0.6) is 0 Å². The topological polar surface area (TPSA) is 57.3 Å². The van der Waals surface area contributed by atoms with E-state index in [-0.39, 0.29) is 18.0 Å². The molecule has 0 spiro atoms. The van der Waals surface area contributed by atoms with Crippen LogP contribution in [0.1, 0.15) is 37.3 Å². The molecule has 5 heteroatoms. The molecular weight excluding hydrogens is 360 g/mol. The Morgan fingerprint density at radius 2 is 2.21 bits per heavy atom. The van der Waals surface area contributed by atoms with Crippen molar-refractivity contribution >= 4 is 16.8 Å². The Kier molecular flexibility index (Phi) is 5.10. The molecule has 2 bridgehead atoms. The van der Waals surface area contributed by atoms with Crippen molar-refractivity contribution in [3.8, 4) is 0 Å². The Morgan fingerprint density at radius 1 is 1.31 bits per heavy atom. The normalized spacial score (nSPS) is 32.2. The van der Waals surface area contributed by atoms with E-state index in [2.05, 4.69) is 57.4 Å². The van der Waals surface area contributed by atoms with E-state index in [0.29, 0.717) is 17.9 Å². The zero-order valence-electron chi connectivity index (χ0n) is 16.9. The predicted molar refractivity (Wildman–Crippen MR) is 115 cm³/mol. The summed E-state index contributed by atoms with van der Waals surface area (Å²) in [7, 11) is 0. The maximum absolute atomic E-state index is 13.1. The maximum Gasteiger partial charge on any atom is 0.237 e. The summed E-state index contributed by atoms with van der Waals surface area (Å²) in [5, 5.41) is 7.95. The standard InChI is InChI=1S/C24H30N4O/c1-2-16-15-28-13-10-17(16)14-22(28)23(27-24(29)21-8-5-11-25-21)19-9-12-26-20-7-4-3-6-18(19)20/h2-4,6-7,9,12,16-17,21-23,25H,1,5,8,10-11,13-15H2,(H,27,29)/t16-,17-,21+,22+,23+/m0/s1. The number of carbonyl (C=O) groups excluding carboxylic acids is 1. The average molecular weight is 391 g/mol. The number of pyridine rings is 1. The van der Waals surface area contributed by atoms with Crippen LogP contribution in [0.15, 0.2) is 49.2 Å². The minimum absolute atomic E-state index is 0.0219. The van der Waals surface area contributed by atoms with Gasteiger partial charge >= 0.3 is 0 Å². The molecule has 152 valence electrons. The Labute approximate surface area is 172 Å². The molecule has 6 atom stereocenters. The Hall–Kier alpha value is -2.24. The third kappa shape index (κ3) is 3.47. The van der Waals surface area contributed by atoms with Crippen LogP contribution >= 0.6 is 0 Å². The van der Waals surface area contributed by atoms with E-state index in [9.17, 15) is 4.79 Å². The van der Waals surface area contributed by atoms with E-state index in [1.165, 1.54) is 12.0 Å². The fourth-order valence-electron chi connectivity index (χ4n) is 5.66. The highest BCUT2D eigenvalue weighted by Crippen LogP contribution is 2.42. The van der Waals surface area contributed by atoms with Crippen LogP contribution in [0.4, 0.5) is 0 Å². The second-order valence-electron chi connectivity index (χ2n) is 8.80. The van der Waals surface area contributed by atoms with Crippen LogP contribution in [0.3, 0.4) is 0 Å². The van der Waals surface area contributed by atoms with Gasteiger partial charge in [0, 0.05) is 24.2 Å². The first-order valence-electron chi connectivity index (χ1n) is 11.0. The summed E-state index contributed by atoms with van der Waals surface area (Å²) in [6, 6.07) is 10.6. The van der Waals surface area contributed by atoms with E-state index in [1.54, 1.807) is 0 Å². The van der Waals surface area contributed by atoms with Gasteiger partial charge in [0.15, 0.2) is 0 Å². The molecule has 4 aliphatic rings. The van der Waals surface area contributed by atoms with Gasteiger partial charge in [0.2, 0.25) is 5.91 Å². The molecule has 6 rings (SSSR count). The summed E-state index contributed by atoms with van der Waals surface area (Å²) < 4.78 is 0. The Morgan fingerprint density at radius 3 is 2.97 bits per heavy atom. The SMILES string of the molecule is C=C[C@H]1CN2CC[C@H]1C[C@@H]2[C@H](NC(=O)[C@H]1CCCN1)c1ccnc2ccccc12. The van der Waals surface area contributed by atoms with Crippen LogP contribution in [0, 0.1) is 11.8 Å². The number of rotatable bonds is 5. The number of hydrogen-bond donors (Lipinski definition) is 2. The number of benzene rings is 1. The molecule has 4 fully saturated rings. The Balaban J connectivity index is 1.51. The molecule has 2 N–H and O–H groups in total. The maximum atomic E-state index is 13.1. The summed E-state index contributed by atoms with van der Waals surface area (Å²) in [5.41, 5.74) is 2.18. The van der Waals surface area contributed by atoms with Crippen molar-refractivity contribution in [1.82, 2.24) is 20.5 Å². The van der Waals surface area contributed by atoms with Gasteiger partial charge in [-0.05, 0) is 68.3 Å². The largest absolute Gasteiger partial charge is 0.346 e. The molecule has 0 radical (unpaired) electrons. The molecule has 5 nitrogen and oxygen atoms in total. The lowest BCUT2D eigenvalue weighted by Gasteiger charge is -2.51. The third-order valence-electron chi connectivity index (χ3n) is 7.23. The summed E-state index contributed by atoms with van der Waals surface area (Å²) >= 11 is 0. The minimum Gasteiger partial charge on any atom is -0.346 e. The smallest absolute Gasteiger partial charge is 0.237 e. The molecule has 0 saturated carbocycles. The number of aromatic nitrogens is 1. The van der Waals surface area contributed by atoms with E-state index in [1.807, 2.05) is 12.3 Å². The molecule has 1 aromatic carbocycles. The lowest BCUT2D eigenvalue weighted by atomic mass is 9.73. The first kappa shape index (κ1) is 18.8. The zero-order valence-corrected chi connectivity index (χ0v) is 16.9. The summed E-state index contributed by atoms with van der Waals surface area (Å²) in [6.45, 7) is 7.15. The number of hydrogen-bond acceptors (Lipinski definition) is 4. The van der Waals surface area contributed by atoms with Crippen molar-refractivity contribution in [3.63, 3.8) is 0 Å². The quantitative estimate of drug-likeness (QED) is 0.771.